The van der Waals surface area contributed by atoms with Crippen LogP contribution in [-0.2, 0) is 55.5 Å². The van der Waals surface area contributed by atoms with Gasteiger partial charge in [0, 0.05) is 43.2 Å². The molecule has 308 valence electrons. The molecule has 0 radical (unpaired) electrons. The van der Waals surface area contributed by atoms with Crippen LogP contribution in [0.15, 0.2) is 18.7 Å². The average molecular weight is 864 g/mol. The molecular weight excluding hydrogens is 823 g/mol. The minimum atomic E-state index is -5.58. The Morgan fingerprint density at radius 2 is 1.78 bits per heavy atom. The molecule has 1 fully saturated rings. The van der Waals surface area contributed by atoms with Gasteiger partial charge in [0.05, 0.1) is 19.5 Å². The lowest BCUT2D eigenvalue weighted by molar-refractivity contribution is -0.137. The number of nitrogens with two attached hydrogens (primary N) is 1. The molecule has 2 aromatic heterocycles. The number of carbonyl (C=O) groups excluding carboxylic acids is 4. The van der Waals surface area contributed by atoms with Crippen LogP contribution < -0.4 is 16.4 Å². The molecule has 10 N–H and O–H groups in total. The second-order valence-electron chi connectivity index (χ2n) is 12.2. The van der Waals surface area contributed by atoms with Gasteiger partial charge in [-0.2, -0.15) is 4.31 Å². The number of allylic oxidation sites excluding steroid dienone is 1. The highest BCUT2D eigenvalue weighted by Crippen LogP contribution is 2.61. The largest absolute Gasteiger partial charge is 0.481 e. The van der Waals surface area contributed by atoms with E-state index in [0.717, 1.165) is 29.0 Å². The van der Waals surface area contributed by atoms with Crippen molar-refractivity contribution in [2.75, 3.05) is 37.8 Å². The number of rotatable bonds is 22. The smallest absolute Gasteiger partial charge is 0.386 e. The van der Waals surface area contributed by atoms with Gasteiger partial charge in [-0.1, -0.05) is 25.6 Å². The summed E-state index contributed by atoms with van der Waals surface area (Å²) in [4.78, 5) is 97.1. The van der Waals surface area contributed by atoms with E-state index in [2.05, 4.69) is 34.4 Å². The van der Waals surface area contributed by atoms with Gasteiger partial charge in [0.2, 0.25) is 11.8 Å². The SMILES string of the molecule is CC(C)(COP(=O)(O)OP(=O)(O)OC[C@H]1O[C@@H](n2cnc3c(N)ncnc32)[C@H](O)[C@@H]1OP(=O)(O)O)[C@@H](O)C(=O)NCCC(=O)NCCSC(=O)CCC=C=O. The number of thioether (sulfide) groups is 1. The predicted molar refractivity (Wildman–Crippen MR) is 187 cm³/mol. The van der Waals surface area contributed by atoms with Crippen molar-refractivity contribution in [1.29, 1.82) is 0 Å². The molecule has 2 aromatic rings. The lowest BCUT2D eigenvalue weighted by atomic mass is 9.87. The van der Waals surface area contributed by atoms with Crippen LogP contribution in [0.2, 0.25) is 0 Å². The summed E-state index contributed by atoms with van der Waals surface area (Å²) >= 11 is 0.971. The number of amides is 2. The molecule has 0 spiro atoms. The van der Waals surface area contributed by atoms with Gasteiger partial charge >= 0.3 is 23.5 Å². The summed E-state index contributed by atoms with van der Waals surface area (Å²) in [5.74, 6) is 0.317. The van der Waals surface area contributed by atoms with Crippen molar-refractivity contribution < 1.29 is 85.3 Å². The van der Waals surface area contributed by atoms with Gasteiger partial charge in [0.25, 0.3) is 0 Å². The summed E-state index contributed by atoms with van der Waals surface area (Å²) in [6, 6.07) is 0. The Morgan fingerprint density at radius 1 is 1.09 bits per heavy atom. The Kier molecular flexibility index (Phi) is 16.8. The van der Waals surface area contributed by atoms with Crippen LogP contribution >= 0.6 is 35.2 Å². The Balaban J connectivity index is 1.49. The van der Waals surface area contributed by atoms with Crippen LogP contribution in [0.3, 0.4) is 0 Å². The highest BCUT2D eigenvalue weighted by Gasteiger charge is 2.50. The van der Waals surface area contributed by atoms with Crippen LogP contribution in [0.25, 0.3) is 11.2 Å². The maximum Gasteiger partial charge on any atom is 0.481 e. The van der Waals surface area contributed by atoms with E-state index in [1.54, 1.807) is 5.94 Å². The third-order valence-corrected chi connectivity index (χ3v) is 11.4. The molecule has 1 aliphatic rings. The number of phosphoric acid groups is 3. The van der Waals surface area contributed by atoms with Crippen molar-refractivity contribution in [1.82, 2.24) is 30.2 Å². The molecule has 1 aliphatic heterocycles. The van der Waals surface area contributed by atoms with Crippen LogP contribution in [0.1, 0.15) is 39.3 Å². The van der Waals surface area contributed by atoms with E-state index < -0.39 is 84.6 Å². The van der Waals surface area contributed by atoms with Crippen molar-refractivity contribution in [3.8, 4) is 0 Å². The topological polar surface area (TPSA) is 381 Å². The first-order valence-corrected chi connectivity index (χ1v) is 21.3. The number of nitrogens with zero attached hydrogens (tertiary/aromatic N) is 4. The molecule has 25 nitrogen and oxygen atoms in total. The zero-order valence-electron chi connectivity index (χ0n) is 29.0. The minimum absolute atomic E-state index is 0.0242. The van der Waals surface area contributed by atoms with Crippen LogP contribution in [0.4, 0.5) is 5.82 Å². The highest BCUT2D eigenvalue weighted by atomic mass is 32.2. The van der Waals surface area contributed by atoms with Crippen LogP contribution in [-0.4, -0.2) is 129 Å². The van der Waals surface area contributed by atoms with E-state index >= 15 is 0 Å². The average Bonchev–Trinajstić information content (AvgIpc) is 3.64. The number of hydrogen-bond donors (Lipinski definition) is 9. The normalized spacial score (nSPS) is 21.6. The fraction of sp³-hybridized carbons (Fsp3) is 0.615. The Morgan fingerprint density at radius 3 is 2.45 bits per heavy atom. The van der Waals surface area contributed by atoms with Gasteiger partial charge in [-0.05, 0) is 6.42 Å². The molecule has 2 unspecified atom stereocenters. The number of hydrogen-bond acceptors (Lipinski definition) is 19. The number of anilines is 1. The zero-order valence-corrected chi connectivity index (χ0v) is 32.5. The zero-order chi connectivity index (χ0) is 41.2. The standard InChI is InChI=1S/C26H40N7O18P3S/c1-26(2,21(38)24(39)29-7-6-16(35)28-8-10-55-17(36)5-3-4-9-34)12-48-54(45,46)51-53(43,44)47-11-15-20(50-52(40,41)42)19(37)25(49-15)33-14-32-18-22(27)30-13-31-23(18)33/h4,13-15,19-21,25,37-38H,3,5-8,10-12H2,1-2H3,(H,28,35)(H,29,39)(H,43,44)(H,45,46)(H2,27,30,31)(H2,40,41,42)/t15-,19-,20-,21+,25-/m1/s1. The van der Waals surface area contributed by atoms with E-state index in [1.165, 1.54) is 19.9 Å². The monoisotopic (exact) mass is 863 g/mol. The summed E-state index contributed by atoms with van der Waals surface area (Å²) in [7, 11) is -16.4. The molecule has 0 saturated carbocycles. The molecule has 1 saturated heterocycles. The number of aliphatic hydroxyl groups excluding tert-OH is 2. The summed E-state index contributed by atoms with van der Waals surface area (Å²) < 4.78 is 61.9. The molecular formula is C26H40N7O18P3S. The first-order valence-electron chi connectivity index (χ1n) is 15.8. The number of ether oxygens (including phenoxy) is 1. The summed E-state index contributed by atoms with van der Waals surface area (Å²) in [6.07, 6.45) is -5.40. The van der Waals surface area contributed by atoms with Gasteiger partial charge in [0.15, 0.2) is 22.8 Å². The maximum absolute atomic E-state index is 12.6. The van der Waals surface area contributed by atoms with Crippen molar-refractivity contribution in [3.05, 3.63) is 18.7 Å². The Labute approximate surface area is 315 Å². The quantitative estimate of drug-likeness (QED) is 0.0382. The number of imidazole rings is 1. The van der Waals surface area contributed by atoms with E-state index in [0.29, 0.717) is 0 Å². The summed E-state index contributed by atoms with van der Waals surface area (Å²) in [5, 5.41) is 26.1. The van der Waals surface area contributed by atoms with Gasteiger partial charge in [-0.3, -0.25) is 32.5 Å². The molecule has 3 heterocycles. The fourth-order valence-electron chi connectivity index (χ4n) is 4.62. The molecule has 2 amide bonds. The third-order valence-electron chi connectivity index (χ3n) is 7.34. The van der Waals surface area contributed by atoms with Crippen molar-refractivity contribution in [3.63, 3.8) is 0 Å². The van der Waals surface area contributed by atoms with Crippen LogP contribution in [0.5, 0.6) is 0 Å². The molecule has 0 aliphatic carbocycles. The lowest BCUT2D eigenvalue weighted by Crippen LogP contribution is -2.46. The van der Waals surface area contributed by atoms with Crippen molar-refractivity contribution in [2.24, 2.45) is 5.41 Å². The molecule has 7 atom stereocenters. The number of aliphatic hydroxyl groups is 2. The fourth-order valence-corrected chi connectivity index (χ4v) is 8.14. The highest BCUT2D eigenvalue weighted by molar-refractivity contribution is 8.13. The first-order chi connectivity index (χ1) is 25.6. The van der Waals surface area contributed by atoms with Crippen LogP contribution in [0, 0.1) is 5.41 Å². The predicted octanol–water partition coefficient (Wildman–Crippen LogP) is -1.17. The summed E-state index contributed by atoms with van der Waals surface area (Å²) in [5.41, 5.74) is 4.23. The summed E-state index contributed by atoms with van der Waals surface area (Å²) in [6.45, 7) is 0.351. The molecule has 0 bridgehead atoms. The number of carbonyl (C=O) groups is 3. The Bertz CT molecular complexity index is 1870. The lowest BCUT2D eigenvalue weighted by Gasteiger charge is -2.30. The number of aromatic nitrogens is 4. The second kappa shape index (κ2) is 19.9. The van der Waals surface area contributed by atoms with E-state index in [-0.39, 0.29) is 60.2 Å². The molecule has 3 rings (SSSR count). The minimum Gasteiger partial charge on any atom is -0.386 e. The first kappa shape index (κ1) is 46.4. The van der Waals surface area contributed by atoms with E-state index in [1.807, 2.05) is 0 Å². The molecule has 29 heteroatoms. The van der Waals surface area contributed by atoms with E-state index in [9.17, 15) is 62.7 Å². The van der Waals surface area contributed by atoms with Gasteiger partial charge in [-0.15, -0.1) is 0 Å². The molecule has 0 aromatic carbocycles. The molecule has 55 heavy (non-hydrogen) atoms. The van der Waals surface area contributed by atoms with Gasteiger partial charge in [-0.25, -0.2) is 33.4 Å². The number of nitrogen functional groups attached to an aromatic ring is 1. The Hall–Kier alpha value is -2.99. The van der Waals surface area contributed by atoms with Gasteiger partial charge < -0.3 is 50.9 Å². The number of phosphoric ester groups is 3. The van der Waals surface area contributed by atoms with Crippen molar-refractivity contribution in [2.45, 2.75) is 63.8 Å². The number of fused-ring (bicyclic) bond motifs is 1. The second-order valence-corrected chi connectivity index (χ2v) is 17.5. The number of nitrogens with one attached hydrogen (secondary N) is 2. The maximum atomic E-state index is 12.6. The third kappa shape index (κ3) is 14.5. The van der Waals surface area contributed by atoms with Crippen molar-refractivity contribution >= 4 is 75.1 Å². The van der Waals surface area contributed by atoms with Gasteiger partial charge in [0.1, 0.15) is 42.2 Å². The van der Waals surface area contributed by atoms with E-state index in [4.69, 9.17) is 19.5 Å².